The maximum Gasteiger partial charge on any atom is 0.337 e. The van der Waals surface area contributed by atoms with Crippen molar-refractivity contribution in [3.05, 3.63) is 111 Å². The molecule has 8 heteroatoms. The molecule has 2 heterocycles. The van der Waals surface area contributed by atoms with Gasteiger partial charge in [0.15, 0.2) is 5.43 Å². The van der Waals surface area contributed by atoms with Gasteiger partial charge in [0.1, 0.15) is 11.3 Å². The number of hydrogen-bond acceptors (Lipinski definition) is 6. The molecule has 3 aromatic carbocycles. The van der Waals surface area contributed by atoms with Gasteiger partial charge in [0.05, 0.1) is 46.1 Å². The maximum atomic E-state index is 13.5. The van der Waals surface area contributed by atoms with Gasteiger partial charge >= 0.3 is 5.97 Å². The van der Waals surface area contributed by atoms with Crippen LogP contribution in [-0.2, 0) is 0 Å². The second-order valence-electron chi connectivity index (χ2n) is 9.17. The van der Waals surface area contributed by atoms with Crippen LogP contribution in [0, 0.1) is 25.2 Å². The van der Waals surface area contributed by atoms with Gasteiger partial charge in [0.2, 0.25) is 0 Å². The largest absolute Gasteiger partial charge is 0.478 e. The Bertz CT molecular complexity index is 1790. The minimum atomic E-state index is -1.03. The van der Waals surface area contributed by atoms with Crippen LogP contribution >= 0.6 is 0 Å². The second-order valence-corrected chi connectivity index (χ2v) is 9.17. The van der Waals surface area contributed by atoms with E-state index in [1.807, 2.05) is 19.9 Å². The number of fused-ring (bicyclic) bond motifs is 1. The van der Waals surface area contributed by atoms with Crippen molar-refractivity contribution in [3.63, 3.8) is 0 Å². The Morgan fingerprint density at radius 1 is 1.13 bits per heavy atom. The minimum Gasteiger partial charge on any atom is -0.478 e. The molecule has 188 valence electrons. The Kier molecular flexibility index (Phi) is 6.27. The molecule has 0 saturated heterocycles. The summed E-state index contributed by atoms with van der Waals surface area (Å²) in [5.74, 6) is -0.622. The van der Waals surface area contributed by atoms with E-state index >= 15 is 0 Å². The fraction of sp³-hybridized carbons (Fsp3) is 0.133. The standard InChI is InChI=1S/C30H24N4O4/c1-17-12-24(19(3)33-26-7-5-4-6-23(26)30(36)37)29-25(13-17)27(35)18(2)28(38-29)21-15-32-34(16-21)22-10-8-20(14-31)9-11-22/h4-13,15-16,19,33H,1-3H3,(H,36,37)/t19-/m1/s1. The Hall–Kier alpha value is -5.16. The van der Waals surface area contributed by atoms with E-state index < -0.39 is 5.97 Å². The molecule has 5 rings (SSSR count). The van der Waals surface area contributed by atoms with Crippen molar-refractivity contribution in [2.45, 2.75) is 26.8 Å². The first-order chi connectivity index (χ1) is 18.3. The predicted molar refractivity (Wildman–Crippen MR) is 145 cm³/mol. The van der Waals surface area contributed by atoms with Crippen LogP contribution < -0.4 is 10.7 Å². The van der Waals surface area contributed by atoms with Crippen molar-refractivity contribution >= 4 is 22.6 Å². The Labute approximate surface area is 218 Å². The van der Waals surface area contributed by atoms with E-state index in [1.165, 1.54) is 0 Å². The van der Waals surface area contributed by atoms with Gasteiger partial charge in [-0.2, -0.15) is 10.4 Å². The summed E-state index contributed by atoms with van der Waals surface area (Å²) in [6.45, 7) is 5.53. The number of carboxylic acid groups (broad SMARTS) is 1. The van der Waals surface area contributed by atoms with E-state index in [9.17, 15) is 14.7 Å². The first-order valence-corrected chi connectivity index (χ1v) is 12.0. The van der Waals surface area contributed by atoms with Gasteiger partial charge in [-0.1, -0.05) is 18.2 Å². The van der Waals surface area contributed by atoms with Crippen LogP contribution in [-0.4, -0.2) is 20.9 Å². The molecule has 8 nitrogen and oxygen atoms in total. The summed E-state index contributed by atoms with van der Waals surface area (Å²) in [4.78, 5) is 25.2. The third-order valence-electron chi connectivity index (χ3n) is 6.49. The number of carbonyl (C=O) groups is 1. The van der Waals surface area contributed by atoms with E-state index in [2.05, 4.69) is 16.5 Å². The van der Waals surface area contributed by atoms with Crippen molar-refractivity contribution < 1.29 is 14.3 Å². The highest BCUT2D eigenvalue weighted by molar-refractivity contribution is 5.94. The van der Waals surface area contributed by atoms with E-state index in [0.717, 1.165) is 16.8 Å². The summed E-state index contributed by atoms with van der Waals surface area (Å²) in [6, 6.07) is 19.2. The number of rotatable bonds is 6. The van der Waals surface area contributed by atoms with Gasteiger partial charge in [0.25, 0.3) is 0 Å². The van der Waals surface area contributed by atoms with Crippen molar-refractivity contribution in [2.75, 3.05) is 5.32 Å². The topological polar surface area (TPSA) is 121 Å². The van der Waals surface area contributed by atoms with Gasteiger partial charge < -0.3 is 14.8 Å². The number of nitrogens with zero attached hydrogens (tertiary/aromatic N) is 3. The molecule has 0 unspecified atom stereocenters. The summed E-state index contributed by atoms with van der Waals surface area (Å²) in [7, 11) is 0. The number of nitriles is 1. The van der Waals surface area contributed by atoms with Crippen LogP contribution in [0.2, 0.25) is 0 Å². The van der Waals surface area contributed by atoms with Gasteiger partial charge in [0, 0.05) is 23.0 Å². The molecular formula is C30H24N4O4. The summed E-state index contributed by atoms with van der Waals surface area (Å²) >= 11 is 0. The lowest BCUT2D eigenvalue weighted by molar-refractivity contribution is 0.0698. The predicted octanol–water partition coefficient (Wildman–Crippen LogP) is 6.01. The number of aryl methyl sites for hydroxylation is 1. The molecule has 1 atom stereocenters. The third-order valence-corrected chi connectivity index (χ3v) is 6.49. The monoisotopic (exact) mass is 504 g/mol. The lowest BCUT2D eigenvalue weighted by atomic mass is 9.99. The van der Waals surface area contributed by atoms with Gasteiger partial charge in [-0.15, -0.1) is 0 Å². The second kappa shape index (κ2) is 9.71. The molecule has 2 N–H and O–H groups in total. The van der Waals surface area contributed by atoms with Crippen LogP contribution in [0.1, 0.15) is 45.6 Å². The van der Waals surface area contributed by atoms with Gasteiger partial charge in [-0.05, 0) is 68.8 Å². The van der Waals surface area contributed by atoms with Gasteiger partial charge in [-0.25, -0.2) is 9.48 Å². The van der Waals surface area contributed by atoms with Crippen molar-refractivity contribution in [3.8, 4) is 23.1 Å². The SMILES string of the molecule is Cc1cc([C@@H](C)Nc2ccccc2C(=O)O)c2oc(-c3cnn(-c4ccc(C#N)cc4)c3)c(C)c(=O)c2c1. The normalized spacial score (nSPS) is 11.7. The number of hydrogen-bond donors (Lipinski definition) is 2. The molecule has 0 aliphatic carbocycles. The Balaban J connectivity index is 1.60. The zero-order valence-electron chi connectivity index (χ0n) is 21.0. The molecule has 38 heavy (non-hydrogen) atoms. The first-order valence-electron chi connectivity index (χ1n) is 12.0. The fourth-order valence-corrected chi connectivity index (χ4v) is 4.54. The lowest BCUT2D eigenvalue weighted by Gasteiger charge is -2.19. The zero-order chi connectivity index (χ0) is 27.0. The van der Waals surface area contributed by atoms with E-state index in [0.29, 0.717) is 39.1 Å². The van der Waals surface area contributed by atoms with Gasteiger partial charge in [-0.3, -0.25) is 4.79 Å². The van der Waals surface area contributed by atoms with Crippen LogP contribution in [0.15, 0.2) is 82.3 Å². The molecule has 2 aromatic heterocycles. The summed E-state index contributed by atoms with van der Waals surface area (Å²) < 4.78 is 8.07. The highest BCUT2D eigenvalue weighted by Crippen LogP contribution is 2.33. The Morgan fingerprint density at radius 2 is 1.87 bits per heavy atom. The number of para-hydroxylation sites is 1. The quantitative estimate of drug-likeness (QED) is 0.291. The van der Waals surface area contributed by atoms with Crippen LogP contribution in [0.4, 0.5) is 5.69 Å². The Morgan fingerprint density at radius 3 is 2.58 bits per heavy atom. The average Bonchev–Trinajstić information content (AvgIpc) is 3.41. The number of benzene rings is 3. The molecule has 0 aliphatic rings. The molecule has 0 spiro atoms. The molecule has 0 radical (unpaired) electrons. The third kappa shape index (κ3) is 4.42. The van der Waals surface area contributed by atoms with Crippen LogP contribution in [0.3, 0.4) is 0 Å². The number of aromatic nitrogens is 2. The minimum absolute atomic E-state index is 0.143. The maximum absolute atomic E-state index is 13.5. The average molecular weight is 505 g/mol. The molecule has 0 fully saturated rings. The van der Waals surface area contributed by atoms with Crippen LogP contribution in [0.25, 0.3) is 28.0 Å². The molecule has 0 aliphatic heterocycles. The number of anilines is 1. The highest BCUT2D eigenvalue weighted by Gasteiger charge is 2.21. The number of aromatic carboxylic acids is 1. The number of nitrogens with one attached hydrogen (secondary N) is 1. The molecule has 0 amide bonds. The van der Waals surface area contributed by atoms with E-state index in [1.54, 1.807) is 78.6 Å². The summed E-state index contributed by atoms with van der Waals surface area (Å²) in [6.07, 6.45) is 3.41. The van der Waals surface area contributed by atoms with Crippen molar-refractivity contribution in [2.24, 2.45) is 0 Å². The molecule has 5 aromatic rings. The smallest absolute Gasteiger partial charge is 0.337 e. The fourth-order valence-electron chi connectivity index (χ4n) is 4.54. The molecular weight excluding hydrogens is 480 g/mol. The summed E-state index contributed by atoms with van der Waals surface area (Å²) in [5.41, 5.74) is 4.95. The summed E-state index contributed by atoms with van der Waals surface area (Å²) in [5, 5.41) is 26.8. The van der Waals surface area contributed by atoms with E-state index in [-0.39, 0.29) is 17.0 Å². The highest BCUT2D eigenvalue weighted by atomic mass is 16.4. The number of carboxylic acids is 1. The lowest BCUT2D eigenvalue weighted by Crippen LogP contribution is -2.14. The van der Waals surface area contributed by atoms with Crippen LogP contribution in [0.5, 0.6) is 0 Å². The zero-order valence-corrected chi connectivity index (χ0v) is 21.0. The van der Waals surface area contributed by atoms with Crippen molar-refractivity contribution in [1.29, 1.82) is 5.26 Å². The molecule has 0 saturated carbocycles. The van der Waals surface area contributed by atoms with Crippen molar-refractivity contribution in [1.82, 2.24) is 9.78 Å². The first kappa shape index (κ1) is 24.5. The van der Waals surface area contributed by atoms with E-state index in [4.69, 9.17) is 9.68 Å². The molecule has 0 bridgehead atoms.